The van der Waals surface area contributed by atoms with Gasteiger partial charge < -0.3 is 19.9 Å². The second-order valence-corrected chi connectivity index (χ2v) is 5.44. The molecule has 1 unspecified atom stereocenters. The number of fused-ring (bicyclic) bond motifs is 1. The van der Waals surface area contributed by atoms with E-state index in [0.717, 1.165) is 24.9 Å². The van der Waals surface area contributed by atoms with E-state index < -0.39 is 0 Å². The van der Waals surface area contributed by atoms with Gasteiger partial charge in [0.1, 0.15) is 19.0 Å². The van der Waals surface area contributed by atoms with Crippen molar-refractivity contribution < 1.29 is 14.6 Å². The number of benzene rings is 1. The number of rotatable bonds is 2. The lowest BCUT2D eigenvalue weighted by molar-refractivity contribution is 0.168. The number of nitrogens with one attached hydrogen (secondary N) is 1. The number of hydrogen-bond donors (Lipinski definition) is 2. The van der Waals surface area contributed by atoms with Crippen LogP contribution in [0.1, 0.15) is 24.8 Å². The van der Waals surface area contributed by atoms with Crippen molar-refractivity contribution in [2.24, 2.45) is 0 Å². The molecule has 0 amide bonds. The van der Waals surface area contributed by atoms with Crippen molar-refractivity contribution in [3.8, 4) is 17.2 Å². The fourth-order valence-corrected chi connectivity index (χ4v) is 2.96. The zero-order chi connectivity index (χ0) is 13.2. The number of halogens is 1. The Hall–Kier alpha value is -1.13. The van der Waals surface area contributed by atoms with Crippen LogP contribution in [0.3, 0.4) is 0 Å². The first-order chi connectivity index (χ1) is 9.25. The van der Waals surface area contributed by atoms with Crippen LogP contribution in [0.2, 0.25) is 5.02 Å². The number of aromatic hydroxyl groups is 1. The van der Waals surface area contributed by atoms with Crippen molar-refractivity contribution >= 4 is 11.6 Å². The predicted molar refractivity (Wildman–Crippen MR) is 73.5 cm³/mol. The van der Waals surface area contributed by atoms with Crippen LogP contribution in [0.15, 0.2) is 6.07 Å². The summed E-state index contributed by atoms with van der Waals surface area (Å²) in [5.41, 5.74) is 0.857. The van der Waals surface area contributed by atoms with E-state index in [1.54, 1.807) is 0 Å². The van der Waals surface area contributed by atoms with Gasteiger partial charge in [-0.3, -0.25) is 0 Å². The molecule has 4 nitrogen and oxygen atoms in total. The zero-order valence-electron chi connectivity index (χ0n) is 10.7. The Morgan fingerprint density at radius 2 is 2.16 bits per heavy atom. The lowest BCUT2D eigenvalue weighted by atomic mass is 9.96. The molecule has 1 aromatic rings. The van der Waals surface area contributed by atoms with Gasteiger partial charge in [0.25, 0.3) is 0 Å². The Bertz CT molecular complexity index is 472. The van der Waals surface area contributed by atoms with Crippen molar-refractivity contribution in [3.63, 3.8) is 0 Å². The van der Waals surface area contributed by atoms with Crippen molar-refractivity contribution in [3.05, 3.63) is 16.7 Å². The molecule has 5 heteroatoms. The fourth-order valence-electron chi connectivity index (χ4n) is 2.74. The first kappa shape index (κ1) is 12.9. The molecule has 1 fully saturated rings. The van der Waals surface area contributed by atoms with Crippen LogP contribution >= 0.6 is 11.6 Å². The molecule has 2 aliphatic heterocycles. The van der Waals surface area contributed by atoms with Crippen LogP contribution in [0, 0.1) is 0 Å². The Kier molecular flexibility index (Phi) is 3.71. The molecule has 0 saturated carbocycles. The molecule has 104 valence electrons. The van der Waals surface area contributed by atoms with E-state index in [1.807, 2.05) is 0 Å². The summed E-state index contributed by atoms with van der Waals surface area (Å²) in [5.74, 6) is 1.36. The summed E-state index contributed by atoms with van der Waals surface area (Å²) in [7, 11) is 0. The summed E-state index contributed by atoms with van der Waals surface area (Å²) in [6.45, 7) is 2.08. The average Bonchev–Trinajstić information content (AvgIpc) is 2.45. The molecule has 2 N–H and O–H groups in total. The van der Waals surface area contributed by atoms with Crippen LogP contribution in [0.5, 0.6) is 17.2 Å². The van der Waals surface area contributed by atoms with Gasteiger partial charge >= 0.3 is 0 Å². The Balaban J connectivity index is 1.91. The molecule has 1 aromatic carbocycles. The summed E-state index contributed by atoms with van der Waals surface area (Å²) in [5, 5.41) is 13.8. The van der Waals surface area contributed by atoms with E-state index in [-0.39, 0.29) is 5.75 Å². The van der Waals surface area contributed by atoms with Gasteiger partial charge in [-0.25, -0.2) is 0 Å². The van der Waals surface area contributed by atoms with Gasteiger partial charge in [-0.1, -0.05) is 18.0 Å². The zero-order valence-corrected chi connectivity index (χ0v) is 11.5. The maximum absolute atomic E-state index is 9.90. The van der Waals surface area contributed by atoms with Crippen molar-refractivity contribution in [1.29, 1.82) is 0 Å². The molecule has 2 heterocycles. The molecular formula is C14H18ClNO3. The molecule has 2 aliphatic rings. The summed E-state index contributed by atoms with van der Waals surface area (Å²) >= 11 is 6.24. The van der Waals surface area contributed by atoms with Crippen LogP contribution < -0.4 is 14.8 Å². The van der Waals surface area contributed by atoms with Crippen molar-refractivity contribution in [2.45, 2.75) is 31.7 Å². The summed E-state index contributed by atoms with van der Waals surface area (Å²) in [6, 6.07) is 1.93. The highest BCUT2D eigenvalue weighted by Gasteiger charge is 2.25. The van der Waals surface area contributed by atoms with Gasteiger partial charge in [0, 0.05) is 17.7 Å². The van der Waals surface area contributed by atoms with Gasteiger partial charge in [-0.2, -0.15) is 0 Å². The normalized spacial score (nSPS) is 22.3. The third-order valence-corrected chi connectivity index (χ3v) is 4.13. The van der Waals surface area contributed by atoms with Gasteiger partial charge in [-0.15, -0.1) is 0 Å². The molecular weight excluding hydrogens is 266 g/mol. The topological polar surface area (TPSA) is 50.7 Å². The minimum Gasteiger partial charge on any atom is -0.506 e. The minimum atomic E-state index is 0.0664. The van der Waals surface area contributed by atoms with Gasteiger partial charge in [0.05, 0.1) is 5.02 Å². The minimum absolute atomic E-state index is 0.0664. The molecule has 0 radical (unpaired) electrons. The first-order valence-electron chi connectivity index (χ1n) is 6.79. The number of hydrogen-bond acceptors (Lipinski definition) is 4. The number of ether oxygens (including phenoxy) is 2. The van der Waals surface area contributed by atoms with Crippen LogP contribution in [-0.4, -0.2) is 30.9 Å². The van der Waals surface area contributed by atoms with Gasteiger partial charge in [0.2, 0.25) is 0 Å². The first-order valence-corrected chi connectivity index (χ1v) is 7.17. The van der Waals surface area contributed by atoms with Crippen molar-refractivity contribution in [2.75, 3.05) is 19.8 Å². The maximum Gasteiger partial charge on any atom is 0.166 e. The quantitative estimate of drug-likeness (QED) is 0.876. The lowest BCUT2D eigenvalue weighted by Crippen LogP contribution is -2.35. The number of phenols is 1. The highest BCUT2D eigenvalue weighted by atomic mass is 35.5. The van der Waals surface area contributed by atoms with E-state index in [2.05, 4.69) is 5.32 Å². The smallest absolute Gasteiger partial charge is 0.166 e. The van der Waals surface area contributed by atoms with Gasteiger partial charge in [0.15, 0.2) is 11.5 Å². The summed E-state index contributed by atoms with van der Waals surface area (Å²) in [6.07, 6.45) is 4.34. The molecule has 0 spiro atoms. The third kappa shape index (κ3) is 2.60. The second kappa shape index (κ2) is 5.47. The summed E-state index contributed by atoms with van der Waals surface area (Å²) < 4.78 is 11.2. The molecule has 0 aromatic heterocycles. The van der Waals surface area contributed by atoms with Crippen LogP contribution in [0.25, 0.3) is 0 Å². The van der Waals surface area contributed by atoms with Crippen LogP contribution in [0.4, 0.5) is 0 Å². The third-order valence-electron chi connectivity index (χ3n) is 3.71. The van der Waals surface area contributed by atoms with Crippen LogP contribution in [-0.2, 0) is 6.42 Å². The maximum atomic E-state index is 9.90. The predicted octanol–water partition coefficient (Wildman–Crippen LogP) is 2.50. The highest BCUT2D eigenvalue weighted by molar-refractivity contribution is 6.33. The molecule has 1 saturated heterocycles. The molecule has 0 aliphatic carbocycles. The van der Waals surface area contributed by atoms with E-state index in [1.165, 1.54) is 18.9 Å². The molecule has 0 bridgehead atoms. The SMILES string of the molecule is Oc1cc2c(c(CC3CCCCN3)c1Cl)OCCO2. The van der Waals surface area contributed by atoms with E-state index in [4.69, 9.17) is 21.1 Å². The Labute approximate surface area is 117 Å². The largest absolute Gasteiger partial charge is 0.506 e. The standard InChI is InChI=1S/C14H18ClNO3/c15-13-10(7-9-3-1-2-4-16-9)14-12(8-11(13)17)18-5-6-19-14/h8-9,16-17H,1-7H2. The monoisotopic (exact) mass is 283 g/mol. The Morgan fingerprint density at radius 3 is 2.95 bits per heavy atom. The summed E-state index contributed by atoms with van der Waals surface area (Å²) in [4.78, 5) is 0. The number of phenolic OH excluding ortho intramolecular Hbond substituents is 1. The average molecular weight is 284 g/mol. The van der Waals surface area contributed by atoms with Crippen molar-refractivity contribution in [1.82, 2.24) is 5.32 Å². The molecule has 19 heavy (non-hydrogen) atoms. The lowest BCUT2D eigenvalue weighted by Gasteiger charge is -2.27. The number of piperidine rings is 1. The Morgan fingerprint density at radius 1 is 1.32 bits per heavy atom. The van der Waals surface area contributed by atoms with E-state index in [9.17, 15) is 5.11 Å². The highest BCUT2D eigenvalue weighted by Crippen LogP contribution is 2.44. The van der Waals surface area contributed by atoms with Gasteiger partial charge in [-0.05, 0) is 25.8 Å². The van der Waals surface area contributed by atoms with E-state index >= 15 is 0 Å². The fraction of sp³-hybridized carbons (Fsp3) is 0.571. The molecule has 3 rings (SSSR count). The van der Waals surface area contributed by atoms with E-state index in [0.29, 0.717) is 35.8 Å². The molecule has 1 atom stereocenters. The second-order valence-electron chi connectivity index (χ2n) is 5.06.